The highest BCUT2D eigenvalue weighted by Crippen LogP contribution is 2.23. The van der Waals surface area contributed by atoms with Gasteiger partial charge in [-0.3, -0.25) is 0 Å². The normalized spacial score (nSPS) is 10.9. The molecule has 0 bridgehead atoms. The van der Waals surface area contributed by atoms with Crippen LogP contribution in [-0.4, -0.2) is 59.0 Å². The van der Waals surface area contributed by atoms with E-state index in [1.807, 2.05) is 50.2 Å². The van der Waals surface area contributed by atoms with E-state index in [9.17, 15) is 4.79 Å². The highest BCUT2D eigenvalue weighted by molar-refractivity contribution is 5.68. The zero-order valence-corrected chi connectivity index (χ0v) is 20.5. The number of para-hydroxylation sites is 2. The molecule has 0 heterocycles. The van der Waals surface area contributed by atoms with Crippen molar-refractivity contribution < 1.29 is 33.2 Å². The van der Waals surface area contributed by atoms with Gasteiger partial charge in [-0.25, -0.2) is 4.79 Å². The van der Waals surface area contributed by atoms with Crippen LogP contribution in [0.4, 0.5) is 4.79 Å². The molecule has 0 N–H and O–H groups in total. The van der Waals surface area contributed by atoms with Crippen molar-refractivity contribution in [3.8, 4) is 11.5 Å². The van der Waals surface area contributed by atoms with Crippen LogP contribution in [0.15, 0.2) is 48.5 Å². The minimum Gasteiger partial charge on any atom is -0.394 e. The highest BCUT2D eigenvalue weighted by atomic mass is 16.7. The van der Waals surface area contributed by atoms with Crippen molar-refractivity contribution in [2.24, 2.45) is 0 Å². The van der Waals surface area contributed by atoms with Crippen molar-refractivity contribution >= 4 is 6.16 Å². The van der Waals surface area contributed by atoms with Crippen molar-refractivity contribution in [2.75, 3.05) is 52.9 Å². The zero-order chi connectivity index (χ0) is 24.3. The van der Waals surface area contributed by atoms with Gasteiger partial charge in [0.05, 0.1) is 26.4 Å². The Hall–Kier alpha value is -2.45. The summed E-state index contributed by atoms with van der Waals surface area (Å²) in [7, 11) is 0. The van der Waals surface area contributed by atoms with E-state index in [0.29, 0.717) is 64.4 Å². The van der Waals surface area contributed by atoms with Crippen molar-refractivity contribution in [1.82, 2.24) is 0 Å². The molecule has 34 heavy (non-hydrogen) atoms. The Labute approximate surface area is 203 Å². The molecule has 0 spiro atoms. The van der Waals surface area contributed by atoms with Crippen LogP contribution in [0, 0.1) is 0 Å². The topological polar surface area (TPSA) is 72.5 Å². The van der Waals surface area contributed by atoms with Crippen molar-refractivity contribution in [2.45, 2.75) is 39.5 Å². The van der Waals surface area contributed by atoms with Crippen LogP contribution in [0.3, 0.4) is 0 Å². The van der Waals surface area contributed by atoms with Crippen LogP contribution in [0.1, 0.15) is 37.8 Å². The lowest BCUT2D eigenvalue weighted by Gasteiger charge is -2.12. The summed E-state index contributed by atoms with van der Waals surface area (Å²) in [5.41, 5.74) is 1.87. The third kappa shape index (κ3) is 11.6. The van der Waals surface area contributed by atoms with Gasteiger partial charge in [0.1, 0.15) is 11.5 Å². The fraction of sp³-hybridized carbons (Fsp3) is 0.519. The molecule has 0 aliphatic heterocycles. The Balaban J connectivity index is 1.79. The molecule has 2 aromatic carbocycles. The first kappa shape index (κ1) is 27.8. The highest BCUT2D eigenvalue weighted by Gasteiger charge is 2.13. The predicted molar refractivity (Wildman–Crippen MR) is 131 cm³/mol. The number of ether oxygens (including phenoxy) is 6. The smallest absolute Gasteiger partial charge is 0.394 e. The monoisotopic (exact) mass is 474 g/mol. The van der Waals surface area contributed by atoms with Crippen molar-refractivity contribution in [1.29, 1.82) is 0 Å². The van der Waals surface area contributed by atoms with Gasteiger partial charge in [-0.15, -0.1) is 0 Å². The molecule has 0 unspecified atom stereocenters. The van der Waals surface area contributed by atoms with Gasteiger partial charge in [0.15, 0.2) is 0 Å². The SMILES string of the molecule is CCOCCOCCCc1ccccc1OC(=O)Oc1ccccc1CCCOCCOCC. The van der Waals surface area contributed by atoms with E-state index in [2.05, 4.69) is 0 Å². The maximum atomic E-state index is 12.5. The van der Waals surface area contributed by atoms with E-state index in [1.165, 1.54) is 0 Å². The summed E-state index contributed by atoms with van der Waals surface area (Å²) in [5, 5.41) is 0. The number of aryl methyl sites for hydroxylation is 2. The molecule has 0 aliphatic carbocycles. The van der Waals surface area contributed by atoms with Gasteiger partial charge in [-0.1, -0.05) is 36.4 Å². The molecule has 0 radical (unpaired) electrons. The lowest BCUT2D eigenvalue weighted by Crippen LogP contribution is -2.16. The minimum absolute atomic E-state index is 0.502. The molecule has 2 rings (SSSR count). The Morgan fingerprint density at radius 3 is 1.44 bits per heavy atom. The number of hydrogen-bond acceptors (Lipinski definition) is 7. The second-order valence-corrected chi connectivity index (χ2v) is 7.50. The van der Waals surface area contributed by atoms with Gasteiger partial charge < -0.3 is 28.4 Å². The molecule has 0 amide bonds. The summed E-state index contributed by atoms with van der Waals surface area (Å²) in [6, 6.07) is 15.0. The first-order valence-corrected chi connectivity index (χ1v) is 12.1. The largest absolute Gasteiger partial charge is 0.519 e. The molecular weight excluding hydrogens is 436 g/mol. The maximum Gasteiger partial charge on any atom is 0.519 e. The first-order valence-electron chi connectivity index (χ1n) is 12.1. The van der Waals surface area contributed by atoms with E-state index in [1.54, 1.807) is 12.1 Å². The molecule has 7 nitrogen and oxygen atoms in total. The number of carbonyl (C=O) groups is 1. The van der Waals surface area contributed by atoms with E-state index in [-0.39, 0.29) is 0 Å². The van der Waals surface area contributed by atoms with Gasteiger partial charge in [-0.05, 0) is 62.8 Å². The molecular formula is C27H38O7. The molecule has 0 saturated heterocycles. The number of rotatable bonds is 18. The lowest BCUT2D eigenvalue weighted by atomic mass is 10.1. The Bertz CT molecular complexity index is 744. The van der Waals surface area contributed by atoms with Gasteiger partial charge in [0.2, 0.25) is 0 Å². The maximum absolute atomic E-state index is 12.5. The van der Waals surface area contributed by atoms with Gasteiger partial charge in [-0.2, -0.15) is 0 Å². The summed E-state index contributed by atoms with van der Waals surface area (Å²) in [6.07, 6.45) is 2.35. The Kier molecular flexibility index (Phi) is 14.7. The van der Waals surface area contributed by atoms with E-state index in [0.717, 1.165) is 36.8 Å². The molecule has 7 heteroatoms. The summed E-state index contributed by atoms with van der Waals surface area (Å²) in [5.74, 6) is 1.00. The Morgan fingerprint density at radius 1 is 0.588 bits per heavy atom. The van der Waals surface area contributed by atoms with Crippen LogP contribution in [-0.2, 0) is 31.8 Å². The third-order valence-electron chi connectivity index (χ3n) is 4.95. The fourth-order valence-corrected chi connectivity index (χ4v) is 3.28. The fourth-order valence-electron chi connectivity index (χ4n) is 3.28. The lowest BCUT2D eigenvalue weighted by molar-refractivity contribution is 0.0519. The van der Waals surface area contributed by atoms with E-state index >= 15 is 0 Å². The first-order chi connectivity index (χ1) is 16.7. The molecule has 0 aromatic heterocycles. The number of hydrogen-bond donors (Lipinski definition) is 0. The summed E-state index contributed by atoms with van der Waals surface area (Å²) in [6.45, 7) is 8.91. The number of carbonyl (C=O) groups excluding carboxylic acids is 1. The molecule has 2 aromatic rings. The average molecular weight is 475 g/mol. The molecule has 0 fully saturated rings. The van der Waals surface area contributed by atoms with E-state index in [4.69, 9.17) is 28.4 Å². The van der Waals surface area contributed by atoms with Crippen LogP contribution in [0.25, 0.3) is 0 Å². The van der Waals surface area contributed by atoms with Gasteiger partial charge in [0.25, 0.3) is 0 Å². The summed E-state index contributed by atoms with van der Waals surface area (Å²) in [4.78, 5) is 12.5. The van der Waals surface area contributed by atoms with Crippen LogP contribution in [0.5, 0.6) is 11.5 Å². The molecule has 188 valence electrons. The standard InChI is InChI=1S/C27H38O7/c1-3-29-19-21-31-17-9-13-23-11-5-7-15-25(23)33-27(28)34-26-16-8-6-12-24(26)14-10-18-32-22-20-30-4-2/h5-8,11-12,15-16H,3-4,9-10,13-14,17-22H2,1-2H3. The second kappa shape index (κ2) is 18.0. The predicted octanol–water partition coefficient (Wildman–Crippen LogP) is 5.24. The zero-order valence-electron chi connectivity index (χ0n) is 20.5. The van der Waals surface area contributed by atoms with Gasteiger partial charge in [0, 0.05) is 26.4 Å². The second-order valence-electron chi connectivity index (χ2n) is 7.50. The minimum atomic E-state index is -0.749. The number of benzene rings is 2. The summed E-state index contributed by atoms with van der Waals surface area (Å²) < 4.78 is 32.7. The average Bonchev–Trinajstić information content (AvgIpc) is 2.85. The molecule has 0 atom stereocenters. The van der Waals surface area contributed by atoms with Crippen molar-refractivity contribution in [3.05, 3.63) is 59.7 Å². The van der Waals surface area contributed by atoms with Crippen molar-refractivity contribution in [3.63, 3.8) is 0 Å². The molecule has 0 aliphatic rings. The summed E-state index contributed by atoms with van der Waals surface area (Å²) >= 11 is 0. The van der Waals surface area contributed by atoms with Crippen LogP contribution < -0.4 is 9.47 Å². The Morgan fingerprint density at radius 2 is 1.00 bits per heavy atom. The van der Waals surface area contributed by atoms with Gasteiger partial charge >= 0.3 is 6.16 Å². The molecule has 0 saturated carbocycles. The van der Waals surface area contributed by atoms with Crippen LogP contribution in [0.2, 0.25) is 0 Å². The van der Waals surface area contributed by atoms with Crippen LogP contribution >= 0.6 is 0 Å². The third-order valence-corrected chi connectivity index (χ3v) is 4.95. The quantitative estimate of drug-likeness (QED) is 0.166. The van der Waals surface area contributed by atoms with E-state index < -0.39 is 6.16 Å².